The molecule has 1 aromatic carbocycles. The Kier molecular flexibility index (Phi) is 3.71. The van der Waals surface area contributed by atoms with E-state index in [0.717, 1.165) is 10.1 Å². The molecule has 1 aromatic heterocycles. The van der Waals surface area contributed by atoms with Gasteiger partial charge in [0.05, 0.1) is 17.9 Å². The monoisotopic (exact) mass is 365 g/mol. The van der Waals surface area contributed by atoms with Gasteiger partial charge in [-0.2, -0.15) is 0 Å². The Bertz CT molecular complexity index is 896. The molecule has 1 unspecified atom stereocenters. The van der Waals surface area contributed by atoms with Crippen molar-refractivity contribution in [3.05, 3.63) is 35.2 Å². The van der Waals surface area contributed by atoms with Gasteiger partial charge in [-0.05, 0) is 12.5 Å². The summed E-state index contributed by atoms with van der Waals surface area (Å²) in [5.74, 6) is 0.108. The molecule has 0 bridgehead atoms. The fourth-order valence-corrected chi connectivity index (χ4v) is 7.30. The first kappa shape index (κ1) is 16.1. The number of benzene rings is 1. The zero-order chi connectivity index (χ0) is 16.9. The lowest BCUT2D eigenvalue weighted by atomic mass is 9.83. The fraction of sp³-hybridized carbons (Fsp3) is 0.471. The maximum absolute atomic E-state index is 12.8. The van der Waals surface area contributed by atoms with Crippen LogP contribution in [0.3, 0.4) is 0 Å². The van der Waals surface area contributed by atoms with Crippen molar-refractivity contribution in [2.24, 2.45) is 5.92 Å². The topological polar surface area (TPSA) is 63.7 Å². The molecule has 7 heteroatoms. The minimum atomic E-state index is -3.17. The van der Waals surface area contributed by atoms with Crippen molar-refractivity contribution in [1.29, 1.82) is 0 Å². The van der Waals surface area contributed by atoms with E-state index in [0.29, 0.717) is 18.6 Å². The van der Waals surface area contributed by atoms with Crippen molar-refractivity contribution in [2.75, 3.05) is 32.6 Å². The molecule has 24 heavy (non-hydrogen) atoms. The Balaban J connectivity index is 1.59. The Labute approximate surface area is 145 Å². The van der Waals surface area contributed by atoms with Crippen LogP contribution in [0.4, 0.5) is 0 Å². The van der Waals surface area contributed by atoms with Gasteiger partial charge in [0.2, 0.25) is 0 Å². The van der Waals surface area contributed by atoms with Gasteiger partial charge in [0.15, 0.2) is 9.84 Å². The van der Waals surface area contributed by atoms with Crippen LogP contribution in [0.25, 0.3) is 10.1 Å². The highest BCUT2D eigenvalue weighted by Crippen LogP contribution is 2.45. The number of carbonyl (C=O) groups excluding carboxylic acids is 1. The van der Waals surface area contributed by atoms with Gasteiger partial charge in [-0.25, -0.2) is 8.42 Å². The zero-order valence-electron chi connectivity index (χ0n) is 13.4. The summed E-state index contributed by atoms with van der Waals surface area (Å²) in [5.41, 5.74) is 0.670. The number of carbonyl (C=O) groups is 1. The Morgan fingerprint density at radius 2 is 2.12 bits per heavy atom. The minimum absolute atomic E-state index is 0.0178. The van der Waals surface area contributed by atoms with Crippen LogP contribution < -0.4 is 0 Å². The van der Waals surface area contributed by atoms with E-state index < -0.39 is 14.6 Å². The van der Waals surface area contributed by atoms with Crippen LogP contribution >= 0.6 is 11.3 Å². The summed E-state index contributed by atoms with van der Waals surface area (Å²) < 4.78 is 30.5. The third kappa shape index (κ3) is 2.14. The second kappa shape index (κ2) is 5.54. The minimum Gasteiger partial charge on any atom is -0.384 e. The Morgan fingerprint density at radius 1 is 1.38 bits per heavy atom. The van der Waals surface area contributed by atoms with Gasteiger partial charge in [-0.1, -0.05) is 18.2 Å². The maximum Gasteiger partial charge on any atom is 0.255 e. The molecule has 3 heterocycles. The third-order valence-electron chi connectivity index (χ3n) is 5.38. The van der Waals surface area contributed by atoms with E-state index in [4.69, 9.17) is 4.74 Å². The molecule has 0 N–H and O–H groups in total. The maximum atomic E-state index is 12.8. The van der Waals surface area contributed by atoms with Gasteiger partial charge < -0.3 is 9.64 Å². The van der Waals surface area contributed by atoms with Crippen molar-refractivity contribution >= 4 is 37.2 Å². The standard InChI is InChI=1S/C17H19NO4S2/c1-22-8-12-6-7-24(20,21)17(12)10-18(11-17)16(19)14-9-23-15-5-3-2-4-13(14)15/h2-5,9,12H,6-8,10-11H2,1H3. The van der Waals surface area contributed by atoms with Crippen LogP contribution in [-0.4, -0.2) is 56.5 Å². The molecule has 4 rings (SSSR count). The zero-order valence-corrected chi connectivity index (χ0v) is 15.0. The van der Waals surface area contributed by atoms with Gasteiger partial charge in [0.25, 0.3) is 5.91 Å². The number of rotatable bonds is 3. The molecule has 5 nitrogen and oxygen atoms in total. The fourth-order valence-electron chi connectivity index (χ4n) is 3.97. The van der Waals surface area contributed by atoms with Crippen LogP contribution in [0.15, 0.2) is 29.6 Å². The lowest BCUT2D eigenvalue weighted by Gasteiger charge is -2.49. The van der Waals surface area contributed by atoms with E-state index in [2.05, 4.69) is 0 Å². The van der Waals surface area contributed by atoms with Gasteiger partial charge in [0, 0.05) is 41.6 Å². The van der Waals surface area contributed by atoms with Crippen LogP contribution in [0, 0.1) is 5.92 Å². The number of thiophene rings is 1. The lowest BCUT2D eigenvalue weighted by Crippen LogP contribution is -2.68. The molecule has 1 amide bonds. The van der Waals surface area contributed by atoms with Crippen molar-refractivity contribution in [2.45, 2.75) is 11.2 Å². The van der Waals surface area contributed by atoms with E-state index >= 15 is 0 Å². The Hall–Kier alpha value is -1.44. The summed E-state index contributed by atoms with van der Waals surface area (Å²) in [6.07, 6.45) is 0.625. The highest BCUT2D eigenvalue weighted by Gasteiger charge is 2.62. The van der Waals surface area contributed by atoms with Gasteiger partial charge in [-0.3, -0.25) is 4.79 Å². The summed E-state index contributed by atoms with van der Waals surface area (Å²) in [6, 6.07) is 7.80. The molecule has 128 valence electrons. The number of hydrogen-bond acceptors (Lipinski definition) is 5. The van der Waals surface area contributed by atoms with Crippen molar-refractivity contribution in [1.82, 2.24) is 4.90 Å². The number of amides is 1. The first-order valence-corrected chi connectivity index (χ1v) is 10.5. The molecule has 1 spiro atoms. The third-order valence-corrected chi connectivity index (χ3v) is 8.95. The molecule has 1 atom stereocenters. The Morgan fingerprint density at radius 3 is 2.88 bits per heavy atom. The van der Waals surface area contributed by atoms with Crippen LogP contribution in [0.5, 0.6) is 0 Å². The molecule has 2 aliphatic rings. The average Bonchev–Trinajstić information content (AvgIpc) is 3.05. The number of likely N-dealkylation sites (tertiary alicyclic amines) is 1. The number of ether oxygens (including phenoxy) is 1. The largest absolute Gasteiger partial charge is 0.384 e. The van der Waals surface area contributed by atoms with E-state index in [-0.39, 0.29) is 30.7 Å². The van der Waals surface area contributed by atoms with Crippen molar-refractivity contribution in [3.63, 3.8) is 0 Å². The van der Waals surface area contributed by atoms with Gasteiger partial charge in [0.1, 0.15) is 4.75 Å². The first-order valence-electron chi connectivity index (χ1n) is 7.95. The smallest absolute Gasteiger partial charge is 0.255 e. The summed E-state index contributed by atoms with van der Waals surface area (Å²) in [6.45, 7) is 1.00. The van der Waals surface area contributed by atoms with Crippen molar-refractivity contribution < 1.29 is 17.9 Å². The highest BCUT2D eigenvalue weighted by atomic mass is 32.2. The van der Waals surface area contributed by atoms with Gasteiger partial charge in [-0.15, -0.1) is 11.3 Å². The second-order valence-electron chi connectivity index (χ2n) is 6.63. The predicted molar refractivity (Wildman–Crippen MR) is 94.2 cm³/mol. The molecule has 0 radical (unpaired) electrons. The van der Waals surface area contributed by atoms with E-state index in [1.165, 1.54) is 0 Å². The molecule has 2 aromatic rings. The molecular formula is C17H19NO4S2. The number of hydrogen-bond donors (Lipinski definition) is 0. The number of sulfone groups is 1. The molecule has 0 aliphatic carbocycles. The molecule has 2 fully saturated rings. The summed E-state index contributed by atoms with van der Waals surface area (Å²) in [7, 11) is -1.58. The molecular weight excluding hydrogens is 346 g/mol. The quantitative estimate of drug-likeness (QED) is 0.836. The first-order chi connectivity index (χ1) is 11.5. The average molecular weight is 365 g/mol. The lowest BCUT2D eigenvalue weighted by molar-refractivity contribution is 0.0339. The second-order valence-corrected chi connectivity index (χ2v) is 9.99. The normalized spacial score (nSPS) is 24.4. The summed E-state index contributed by atoms with van der Waals surface area (Å²) in [5, 5.41) is 2.81. The number of methoxy groups -OCH3 is 1. The van der Waals surface area contributed by atoms with E-state index in [1.807, 2.05) is 29.6 Å². The number of nitrogens with zero attached hydrogens (tertiary/aromatic N) is 1. The predicted octanol–water partition coefficient (Wildman–Crippen LogP) is 2.18. The summed E-state index contributed by atoms with van der Waals surface area (Å²) in [4.78, 5) is 14.5. The van der Waals surface area contributed by atoms with E-state index in [1.54, 1.807) is 23.3 Å². The van der Waals surface area contributed by atoms with Crippen LogP contribution in [-0.2, 0) is 14.6 Å². The summed E-state index contributed by atoms with van der Waals surface area (Å²) >= 11 is 1.54. The van der Waals surface area contributed by atoms with Crippen LogP contribution in [0.2, 0.25) is 0 Å². The molecule has 0 saturated carbocycles. The number of fused-ring (bicyclic) bond motifs is 1. The van der Waals surface area contributed by atoms with Crippen LogP contribution in [0.1, 0.15) is 16.8 Å². The van der Waals surface area contributed by atoms with Gasteiger partial charge >= 0.3 is 0 Å². The molecule has 2 aliphatic heterocycles. The van der Waals surface area contributed by atoms with Crippen molar-refractivity contribution in [3.8, 4) is 0 Å². The van der Waals surface area contributed by atoms with E-state index in [9.17, 15) is 13.2 Å². The highest BCUT2D eigenvalue weighted by molar-refractivity contribution is 7.93. The molecule has 2 saturated heterocycles. The SMILES string of the molecule is COCC1CCS(=O)(=O)C12CN(C(=O)c1csc3ccccc13)C2.